The minimum Gasteiger partial charge on any atom is -0.477 e. The van der Waals surface area contributed by atoms with E-state index in [9.17, 15) is 9.59 Å². The average molecular weight is 299 g/mol. The van der Waals surface area contributed by atoms with E-state index in [1.807, 2.05) is 0 Å². The second-order valence-corrected chi connectivity index (χ2v) is 4.07. The van der Waals surface area contributed by atoms with Crippen molar-refractivity contribution < 1.29 is 14.3 Å². The van der Waals surface area contributed by atoms with Crippen LogP contribution in [-0.4, -0.2) is 21.0 Å². The zero-order chi connectivity index (χ0) is 12.6. The molecule has 2 aromatic rings. The summed E-state index contributed by atoms with van der Waals surface area (Å²) in [6.07, 6.45) is 0. The number of H-pyrrole nitrogens is 1. The summed E-state index contributed by atoms with van der Waals surface area (Å²) < 4.78 is 5.71. The number of carbonyl (C=O) groups is 1. The Kier molecular flexibility index (Phi) is 2.84. The van der Waals surface area contributed by atoms with E-state index >= 15 is 0 Å². The smallest absolute Gasteiger partial charge is 0.343 e. The van der Waals surface area contributed by atoms with Crippen LogP contribution in [0.25, 0.3) is 11.6 Å². The minimum absolute atomic E-state index is 0.142. The van der Waals surface area contributed by atoms with E-state index in [0.717, 1.165) is 0 Å². The molecule has 2 heterocycles. The summed E-state index contributed by atoms with van der Waals surface area (Å²) in [5, 5.41) is 8.82. The van der Waals surface area contributed by atoms with Gasteiger partial charge in [0.1, 0.15) is 5.56 Å². The Bertz CT molecular complexity index is 644. The molecule has 0 aliphatic carbocycles. The van der Waals surface area contributed by atoms with Gasteiger partial charge in [0.05, 0.1) is 5.69 Å². The number of carboxylic acid groups (broad SMARTS) is 1. The van der Waals surface area contributed by atoms with Gasteiger partial charge >= 0.3 is 5.97 Å². The molecule has 0 saturated heterocycles. The Balaban J connectivity index is 2.60. The van der Waals surface area contributed by atoms with Crippen molar-refractivity contribution in [1.82, 2.24) is 9.97 Å². The van der Waals surface area contributed by atoms with E-state index in [4.69, 9.17) is 9.52 Å². The van der Waals surface area contributed by atoms with Crippen LogP contribution in [0.3, 0.4) is 0 Å². The summed E-state index contributed by atoms with van der Waals surface area (Å²) in [5.74, 6) is -0.749. The second kappa shape index (κ2) is 4.17. The summed E-state index contributed by atoms with van der Waals surface area (Å²) in [6, 6.07) is 3.26. The highest BCUT2D eigenvalue weighted by Gasteiger charge is 2.16. The molecule has 0 radical (unpaired) electrons. The first-order chi connectivity index (χ1) is 7.99. The molecule has 7 heteroatoms. The maximum Gasteiger partial charge on any atom is 0.343 e. The largest absolute Gasteiger partial charge is 0.477 e. The Morgan fingerprint density at radius 3 is 2.71 bits per heavy atom. The molecule has 17 heavy (non-hydrogen) atoms. The van der Waals surface area contributed by atoms with Crippen molar-refractivity contribution in [2.75, 3.05) is 0 Å². The van der Waals surface area contributed by atoms with Gasteiger partial charge in [-0.25, -0.2) is 9.78 Å². The van der Waals surface area contributed by atoms with E-state index in [-0.39, 0.29) is 17.1 Å². The number of furan rings is 1. The SMILES string of the molecule is Cc1nc(-c2ccc(Br)o2)[nH]c(=O)c1C(=O)O. The number of nitrogens with one attached hydrogen (secondary N) is 1. The zero-order valence-electron chi connectivity index (χ0n) is 8.65. The van der Waals surface area contributed by atoms with Crippen LogP contribution >= 0.6 is 15.9 Å². The van der Waals surface area contributed by atoms with Crippen LogP contribution in [0.1, 0.15) is 16.1 Å². The molecule has 2 aromatic heterocycles. The lowest BCUT2D eigenvalue weighted by Gasteiger charge is -2.01. The lowest BCUT2D eigenvalue weighted by Crippen LogP contribution is -2.21. The van der Waals surface area contributed by atoms with Crippen molar-refractivity contribution >= 4 is 21.9 Å². The van der Waals surface area contributed by atoms with Crippen LogP contribution in [-0.2, 0) is 0 Å². The van der Waals surface area contributed by atoms with Crippen LogP contribution in [0, 0.1) is 6.92 Å². The van der Waals surface area contributed by atoms with E-state index < -0.39 is 11.5 Å². The normalized spacial score (nSPS) is 10.5. The lowest BCUT2D eigenvalue weighted by atomic mass is 10.2. The molecule has 6 nitrogen and oxygen atoms in total. The third-order valence-electron chi connectivity index (χ3n) is 2.12. The third-order valence-corrected chi connectivity index (χ3v) is 2.55. The van der Waals surface area contributed by atoms with Gasteiger partial charge in [-0.3, -0.25) is 4.79 Å². The van der Waals surface area contributed by atoms with Gasteiger partial charge in [0.2, 0.25) is 0 Å². The Morgan fingerprint density at radius 1 is 1.53 bits per heavy atom. The van der Waals surface area contributed by atoms with Crippen molar-refractivity contribution in [3.05, 3.63) is 38.4 Å². The summed E-state index contributed by atoms with van der Waals surface area (Å²) in [4.78, 5) is 28.7. The average Bonchev–Trinajstić information content (AvgIpc) is 2.63. The van der Waals surface area contributed by atoms with Crippen LogP contribution in [0.4, 0.5) is 0 Å². The predicted molar refractivity (Wildman–Crippen MR) is 62.0 cm³/mol. The number of hydrogen-bond donors (Lipinski definition) is 2. The highest BCUT2D eigenvalue weighted by atomic mass is 79.9. The molecule has 0 aliphatic heterocycles. The van der Waals surface area contributed by atoms with Gasteiger partial charge < -0.3 is 14.5 Å². The monoisotopic (exact) mass is 298 g/mol. The topological polar surface area (TPSA) is 96.2 Å². The zero-order valence-corrected chi connectivity index (χ0v) is 10.2. The fraction of sp³-hybridized carbons (Fsp3) is 0.100. The highest BCUT2D eigenvalue weighted by molar-refractivity contribution is 9.10. The number of hydrogen-bond acceptors (Lipinski definition) is 4. The molecule has 0 atom stereocenters. The highest BCUT2D eigenvalue weighted by Crippen LogP contribution is 2.21. The number of carboxylic acids is 1. The van der Waals surface area contributed by atoms with Gasteiger partial charge in [-0.2, -0.15) is 0 Å². The van der Waals surface area contributed by atoms with Gasteiger partial charge in [0.25, 0.3) is 5.56 Å². The van der Waals surface area contributed by atoms with Crippen LogP contribution in [0.15, 0.2) is 26.0 Å². The lowest BCUT2D eigenvalue weighted by molar-refractivity contribution is 0.0693. The molecule has 0 aromatic carbocycles. The first-order valence-electron chi connectivity index (χ1n) is 4.59. The Hall–Kier alpha value is -1.89. The number of aromatic carboxylic acids is 1. The van der Waals surface area contributed by atoms with Gasteiger partial charge in [-0.1, -0.05) is 0 Å². The van der Waals surface area contributed by atoms with Crippen LogP contribution in [0.5, 0.6) is 0 Å². The fourth-order valence-corrected chi connectivity index (χ4v) is 1.70. The third kappa shape index (κ3) is 2.14. The minimum atomic E-state index is -1.30. The number of nitrogens with zero attached hydrogens (tertiary/aromatic N) is 1. The second-order valence-electron chi connectivity index (χ2n) is 3.28. The molecule has 2 rings (SSSR count). The van der Waals surface area contributed by atoms with Crippen molar-refractivity contribution in [3.8, 4) is 11.6 Å². The van der Waals surface area contributed by atoms with Crippen molar-refractivity contribution in [2.24, 2.45) is 0 Å². The number of halogens is 1. The van der Waals surface area contributed by atoms with E-state index in [1.54, 1.807) is 12.1 Å². The molecule has 2 N–H and O–H groups in total. The van der Waals surface area contributed by atoms with E-state index in [0.29, 0.717) is 10.4 Å². The number of rotatable bonds is 2. The number of aromatic nitrogens is 2. The standard InChI is InChI=1S/C10H7BrN2O4/c1-4-7(10(15)16)9(14)13-8(12-4)5-2-3-6(11)17-5/h2-3H,1H3,(H,15,16)(H,12,13,14). The fourth-order valence-electron chi connectivity index (χ4n) is 1.40. The van der Waals surface area contributed by atoms with Gasteiger partial charge in [0.15, 0.2) is 16.3 Å². The molecule has 0 fully saturated rings. The molecule has 0 spiro atoms. The summed E-state index contributed by atoms with van der Waals surface area (Å²) in [6.45, 7) is 1.46. The van der Waals surface area contributed by atoms with Crippen LogP contribution in [0.2, 0.25) is 0 Å². The van der Waals surface area contributed by atoms with Crippen molar-refractivity contribution in [2.45, 2.75) is 6.92 Å². The quantitative estimate of drug-likeness (QED) is 0.881. The van der Waals surface area contributed by atoms with E-state index in [1.165, 1.54) is 6.92 Å². The van der Waals surface area contributed by atoms with Crippen LogP contribution < -0.4 is 5.56 Å². The molecule has 0 bridgehead atoms. The van der Waals surface area contributed by atoms with E-state index in [2.05, 4.69) is 25.9 Å². The first kappa shape index (κ1) is 11.6. The number of aryl methyl sites for hydroxylation is 1. The molecule has 0 saturated carbocycles. The first-order valence-corrected chi connectivity index (χ1v) is 5.38. The predicted octanol–water partition coefficient (Wildman–Crippen LogP) is 1.80. The number of aromatic amines is 1. The maximum atomic E-state index is 11.6. The van der Waals surface area contributed by atoms with Crippen molar-refractivity contribution in [1.29, 1.82) is 0 Å². The maximum absolute atomic E-state index is 11.6. The Morgan fingerprint density at radius 2 is 2.24 bits per heavy atom. The molecule has 0 unspecified atom stereocenters. The molecule has 0 amide bonds. The summed E-state index contributed by atoms with van der Waals surface area (Å²) >= 11 is 3.12. The molecular weight excluding hydrogens is 292 g/mol. The summed E-state index contributed by atoms with van der Waals surface area (Å²) in [5.41, 5.74) is -0.921. The van der Waals surface area contributed by atoms with Gasteiger partial charge in [-0.15, -0.1) is 0 Å². The molecular formula is C10H7BrN2O4. The summed E-state index contributed by atoms with van der Waals surface area (Å²) in [7, 11) is 0. The Labute approximate surface area is 103 Å². The van der Waals surface area contributed by atoms with Gasteiger partial charge in [-0.05, 0) is 35.0 Å². The molecule has 0 aliphatic rings. The molecule has 88 valence electrons. The van der Waals surface area contributed by atoms with Crippen molar-refractivity contribution in [3.63, 3.8) is 0 Å². The van der Waals surface area contributed by atoms with Gasteiger partial charge in [0, 0.05) is 0 Å².